The van der Waals surface area contributed by atoms with Crippen LogP contribution in [0.2, 0.25) is 0 Å². The standard InChI is InChI=1S/C37H56O15/c1-16-32(52-34-30(44)28(42)27(41)24(14-38)51-34)29(43)31(45)33(48-16)50-20-7-9-35(3)19(12-20)5-6-22-21(35)8-10-36(4)26(18-11-25(40)47-15-18)23(49-17(2)39)13-37(22,36)46/h11,16,19-24,26-34,38,41-46H,5-10,12-15H2,1-4H3/t16-,19+,20+,21-,22+,23-,24+,26+,27-,28+,29-,30+,31+,32-,33+,34-,35-,36+,37-/m0/s1. The molecule has 4 saturated carbocycles. The van der Waals surface area contributed by atoms with Gasteiger partial charge in [-0.1, -0.05) is 13.8 Å². The third kappa shape index (κ3) is 6.16. The second kappa shape index (κ2) is 14.1. The van der Waals surface area contributed by atoms with Crippen LogP contribution in [0.3, 0.4) is 0 Å². The summed E-state index contributed by atoms with van der Waals surface area (Å²) < 4.78 is 34.7. The van der Waals surface area contributed by atoms with Crippen LogP contribution in [-0.4, -0.2) is 140 Å². The SMILES string of the molecule is CC(=O)O[C@H]1C[C@]2(O)[C@@H]3CC[C@@H]4C[C@H](O[C@H]5O[C@@H](C)[C@H](O[C@@H]6O[C@H](CO)[C@H](O)[C@@H](O)[C@H]6O)[C@@H](O)[C@H]5O)CC[C@]4(C)[C@H]3CC[C@]2(C)[C@@H]1C1=CC(=O)OC1. The highest BCUT2D eigenvalue weighted by Gasteiger charge is 2.71. The number of hydrogen-bond acceptors (Lipinski definition) is 15. The van der Waals surface area contributed by atoms with E-state index >= 15 is 0 Å². The summed E-state index contributed by atoms with van der Waals surface area (Å²) >= 11 is 0. The van der Waals surface area contributed by atoms with Gasteiger partial charge in [-0.2, -0.15) is 0 Å². The molecule has 4 aliphatic carbocycles. The van der Waals surface area contributed by atoms with Gasteiger partial charge in [-0.15, -0.1) is 0 Å². The molecular formula is C37H56O15. The molecule has 0 radical (unpaired) electrons. The summed E-state index contributed by atoms with van der Waals surface area (Å²) in [5.41, 5.74) is -1.02. The molecule has 2 saturated heterocycles. The smallest absolute Gasteiger partial charge is 0.331 e. The Balaban J connectivity index is 1.01. The van der Waals surface area contributed by atoms with E-state index in [1.165, 1.54) is 13.0 Å². The van der Waals surface area contributed by atoms with Gasteiger partial charge in [-0.05, 0) is 80.6 Å². The van der Waals surface area contributed by atoms with Crippen molar-refractivity contribution in [2.45, 2.75) is 158 Å². The topological polar surface area (TPSA) is 231 Å². The van der Waals surface area contributed by atoms with Gasteiger partial charge in [0, 0.05) is 30.8 Å². The van der Waals surface area contributed by atoms with Gasteiger partial charge in [-0.3, -0.25) is 4.79 Å². The molecule has 15 nitrogen and oxygen atoms in total. The van der Waals surface area contributed by atoms with Gasteiger partial charge in [0.15, 0.2) is 12.6 Å². The monoisotopic (exact) mass is 740 g/mol. The van der Waals surface area contributed by atoms with Crippen LogP contribution in [0, 0.1) is 34.5 Å². The third-order valence-corrected chi connectivity index (χ3v) is 14.4. The molecule has 7 N–H and O–H groups in total. The number of aliphatic hydroxyl groups excluding tert-OH is 6. The molecule has 3 aliphatic heterocycles. The van der Waals surface area contributed by atoms with E-state index in [2.05, 4.69) is 13.8 Å². The van der Waals surface area contributed by atoms with Crippen molar-refractivity contribution in [3.8, 4) is 0 Å². The van der Waals surface area contributed by atoms with Crippen LogP contribution >= 0.6 is 0 Å². The Morgan fingerprint density at radius 3 is 2.29 bits per heavy atom. The van der Waals surface area contributed by atoms with E-state index in [-0.39, 0.29) is 41.8 Å². The summed E-state index contributed by atoms with van der Waals surface area (Å²) in [6, 6.07) is 0. The summed E-state index contributed by atoms with van der Waals surface area (Å²) in [6.45, 7) is 6.90. The maximum absolute atomic E-state index is 12.8. The lowest BCUT2D eigenvalue weighted by molar-refractivity contribution is -0.360. The number of rotatable bonds is 7. The zero-order chi connectivity index (χ0) is 37.5. The molecule has 52 heavy (non-hydrogen) atoms. The molecular weight excluding hydrogens is 684 g/mol. The summed E-state index contributed by atoms with van der Waals surface area (Å²) in [5.74, 6) is -0.667. The quantitative estimate of drug-likeness (QED) is 0.133. The van der Waals surface area contributed by atoms with Gasteiger partial charge in [0.1, 0.15) is 55.4 Å². The largest absolute Gasteiger partial charge is 0.462 e. The fraction of sp³-hybridized carbons (Fsp3) is 0.892. The number of ether oxygens (including phenoxy) is 6. The molecule has 19 atom stereocenters. The lowest BCUT2D eigenvalue weighted by Crippen LogP contribution is -2.64. The molecule has 3 heterocycles. The van der Waals surface area contributed by atoms with Crippen molar-refractivity contribution < 1.29 is 73.8 Å². The first kappa shape index (κ1) is 38.5. The second-order valence-electron chi connectivity index (χ2n) is 17.1. The van der Waals surface area contributed by atoms with Gasteiger partial charge in [0.2, 0.25) is 0 Å². The first-order chi connectivity index (χ1) is 24.5. The summed E-state index contributed by atoms with van der Waals surface area (Å²) in [6.07, 6.45) is -7.32. The maximum atomic E-state index is 12.8. The van der Waals surface area contributed by atoms with Crippen LogP contribution in [0.4, 0.5) is 0 Å². The Morgan fingerprint density at radius 2 is 1.62 bits per heavy atom. The second-order valence-corrected chi connectivity index (χ2v) is 17.1. The zero-order valence-corrected chi connectivity index (χ0v) is 30.3. The molecule has 0 unspecified atom stereocenters. The Morgan fingerprint density at radius 1 is 0.904 bits per heavy atom. The minimum absolute atomic E-state index is 0.0215. The highest BCUT2D eigenvalue weighted by atomic mass is 16.7. The Bertz CT molecular complexity index is 1390. The van der Waals surface area contributed by atoms with Gasteiger partial charge >= 0.3 is 11.9 Å². The maximum Gasteiger partial charge on any atom is 0.331 e. The number of fused-ring (bicyclic) bond motifs is 5. The predicted molar refractivity (Wildman–Crippen MR) is 177 cm³/mol. The molecule has 0 aromatic heterocycles. The highest BCUT2D eigenvalue weighted by Crippen LogP contribution is 2.70. The molecule has 15 heteroatoms. The van der Waals surface area contributed by atoms with E-state index in [1.54, 1.807) is 6.92 Å². The fourth-order valence-electron chi connectivity index (χ4n) is 11.7. The highest BCUT2D eigenvalue weighted by molar-refractivity contribution is 5.85. The molecule has 0 aromatic rings. The number of esters is 2. The van der Waals surface area contributed by atoms with Gasteiger partial charge < -0.3 is 64.2 Å². The van der Waals surface area contributed by atoms with Crippen molar-refractivity contribution in [1.29, 1.82) is 0 Å². The van der Waals surface area contributed by atoms with Crippen molar-refractivity contribution in [3.05, 3.63) is 11.6 Å². The normalized spacial score (nSPS) is 53.3. The molecule has 0 aromatic carbocycles. The number of aliphatic hydroxyl groups is 7. The van der Waals surface area contributed by atoms with Crippen LogP contribution in [-0.2, 0) is 38.0 Å². The number of hydrogen-bond donors (Lipinski definition) is 7. The molecule has 7 rings (SSSR count). The summed E-state index contributed by atoms with van der Waals surface area (Å²) in [5, 5.41) is 75.2. The molecule has 0 spiro atoms. The fourth-order valence-corrected chi connectivity index (χ4v) is 11.7. The first-order valence-corrected chi connectivity index (χ1v) is 18.9. The van der Waals surface area contributed by atoms with Crippen molar-refractivity contribution in [3.63, 3.8) is 0 Å². The van der Waals surface area contributed by atoms with Crippen molar-refractivity contribution in [1.82, 2.24) is 0 Å². The summed E-state index contributed by atoms with van der Waals surface area (Å²) in [7, 11) is 0. The average molecular weight is 741 g/mol. The molecule has 7 aliphatic rings. The number of carbonyl (C=O) groups is 2. The van der Waals surface area contributed by atoms with Gasteiger partial charge in [0.25, 0.3) is 0 Å². The number of cyclic esters (lactones) is 1. The van der Waals surface area contributed by atoms with E-state index in [9.17, 15) is 45.3 Å². The average Bonchev–Trinajstić information content (AvgIpc) is 3.61. The molecule has 0 amide bonds. The Hall–Kier alpha value is -1.76. The predicted octanol–water partition coefficient (Wildman–Crippen LogP) is -0.178. The van der Waals surface area contributed by atoms with Crippen LogP contribution in [0.25, 0.3) is 0 Å². The summed E-state index contributed by atoms with van der Waals surface area (Å²) in [4.78, 5) is 24.3. The lowest BCUT2D eigenvalue weighted by Gasteiger charge is -2.63. The van der Waals surface area contributed by atoms with E-state index in [4.69, 9.17) is 28.4 Å². The van der Waals surface area contributed by atoms with Crippen molar-refractivity contribution in [2.24, 2.45) is 34.5 Å². The van der Waals surface area contributed by atoms with Crippen LogP contribution in [0.15, 0.2) is 11.6 Å². The number of carbonyl (C=O) groups excluding carboxylic acids is 2. The molecule has 0 bridgehead atoms. The first-order valence-electron chi connectivity index (χ1n) is 18.9. The third-order valence-electron chi connectivity index (χ3n) is 14.4. The van der Waals surface area contributed by atoms with Crippen molar-refractivity contribution >= 4 is 11.9 Å². The van der Waals surface area contributed by atoms with E-state index in [0.29, 0.717) is 25.7 Å². The van der Waals surface area contributed by atoms with E-state index in [1.807, 2.05) is 0 Å². The van der Waals surface area contributed by atoms with Crippen LogP contribution < -0.4 is 0 Å². The van der Waals surface area contributed by atoms with E-state index < -0.39 is 97.1 Å². The lowest BCUT2D eigenvalue weighted by atomic mass is 9.43. The molecule has 6 fully saturated rings. The Kier molecular flexibility index (Phi) is 10.4. The Labute approximate surface area is 303 Å². The molecule has 294 valence electrons. The van der Waals surface area contributed by atoms with Gasteiger partial charge in [-0.25, -0.2) is 4.79 Å². The van der Waals surface area contributed by atoms with E-state index in [0.717, 1.165) is 31.3 Å². The van der Waals surface area contributed by atoms with Crippen molar-refractivity contribution in [2.75, 3.05) is 13.2 Å². The minimum Gasteiger partial charge on any atom is -0.462 e. The van der Waals surface area contributed by atoms with Gasteiger partial charge in [0.05, 0.1) is 24.4 Å². The van der Waals surface area contributed by atoms with Crippen LogP contribution in [0.1, 0.15) is 79.1 Å². The zero-order valence-electron chi connectivity index (χ0n) is 30.3. The minimum atomic E-state index is -1.68. The van der Waals surface area contributed by atoms with Crippen LogP contribution in [0.5, 0.6) is 0 Å².